The largest absolute Gasteiger partial charge is 0.353 e. The van der Waals surface area contributed by atoms with Gasteiger partial charge in [-0.25, -0.2) is 0 Å². The van der Waals surface area contributed by atoms with Crippen molar-refractivity contribution in [3.63, 3.8) is 0 Å². The van der Waals surface area contributed by atoms with Crippen LogP contribution in [-0.4, -0.2) is 19.0 Å². The number of fused-ring (bicyclic) bond motifs is 1. The van der Waals surface area contributed by atoms with Crippen LogP contribution >= 0.6 is 24.0 Å². The Labute approximate surface area is 148 Å². The molecule has 2 aromatic rings. The maximum absolute atomic E-state index is 4.31. The van der Waals surface area contributed by atoms with Crippen LogP contribution in [0.15, 0.2) is 59.6 Å². The second kappa shape index (κ2) is 8.17. The zero-order chi connectivity index (χ0) is 14.5. The van der Waals surface area contributed by atoms with Crippen molar-refractivity contribution >= 4 is 40.7 Å². The fraction of sp³-hybridized carbons (Fsp3) is 0.278. The highest BCUT2D eigenvalue weighted by molar-refractivity contribution is 14.0. The fourth-order valence-electron chi connectivity index (χ4n) is 2.75. The van der Waals surface area contributed by atoms with Crippen molar-refractivity contribution in [3.05, 3.63) is 60.2 Å². The Kier molecular flexibility index (Phi) is 6.24. The molecule has 0 aromatic heterocycles. The number of guanidine groups is 1. The summed E-state index contributed by atoms with van der Waals surface area (Å²) in [5.74, 6) is 0.872. The summed E-state index contributed by atoms with van der Waals surface area (Å²) in [5.41, 5.74) is 1.29. The Morgan fingerprint density at radius 3 is 2.59 bits per heavy atom. The van der Waals surface area contributed by atoms with Gasteiger partial charge in [0.05, 0.1) is 0 Å². The highest BCUT2D eigenvalue weighted by atomic mass is 127. The van der Waals surface area contributed by atoms with Gasteiger partial charge in [0, 0.05) is 19.6 Å². The molecule has 0 saturated carbocycles. The molecule has 0 fully saturated rings. The third-order valence-electron chi connectivity index (χ3n) is 3.90. The van der Waals surface area contributed by atoms with E-state index in [4.69, 9.17) is 0 Å². The van der Waals surface area contributed by atoms with Gasteiger partial charge >= 0.3 is 0 Å². The van der Waals surface area contributed by atoms with E-state index < -0.39 is 0 Å². The van der Waals surface area contributed by atoms with Crippen molar-refractivity contribution in [2.75, 3.05) is 7.05 Å². The third-order valence-corrected chi connectivity index (χ3v) is 3.90. The van der Waals surface area contributed by atoms with Gasteiger partial charge in [0.25, 0.3) is 0 Å². The molecule has 2 N–H and O–H groups in total. The molecule has 0 aliphatic heterocycles. The van der Waals surface area contributed by atoms with Gasteiger partial charge < -0.3 is 10.6 Å². The molecule has 22 heavy (non-hydrogen) atoms. The zero-order valence-electron chi connectivity index (χ0n) is 12.8. The second-order valence-electron chi connectivity index (χ2n) is 5.35. The van der Waals surface area contributed by atoms with Gasteiger partial charge in [-0.1, -0.05) is 54.6 Å². The van der Waals surface area contributed by atoms with Crippen molar-refractivity contribution in [2.45, 2.75) is 25.4 Å². The molecule has 0 atom stereocenters. The minimum atomic E-state index is 0. The molecule has 0 saturated heterocycles. The van der Waals surface area contributed by atoms with E-state index in [1.807, 2.05) is 7.05 Å². The van der Waals surface area contributed by atoms with Gasteiger partial charge in [-0.3, -0.25) is 4.99 Å². The number of hydrogen-bond donors (Lipinski definition) is 2. The lowest BCUT2D eigenvalue weighted by Gasteiger charge is -2.17. The van der Waals surface area contributed by atoms with Gasteiger partial charge in [0.1, 0.15) is 0 Å². The predicted octanol–water partition coefficient (Wildman–Crippen LogP) is 3.84. The summed E-state index contributed by atoms with van der Waals surface area (Å²) in [5, 5.41) is 9.45. The molecule has 0 spiro atoms. The lowest BCUT2D eigenvalue weighted by Crippen LogP contribution is -2.42. The van der Waals surface area contributed by atoms with Crippen LogP contribution in [0.2, 0.25) is 0 Å². The van der Waals surface area contributed by atoms with Crippen LogP contribution in [0.5, 0.6) is 0 Å². The third kappa shape index (κ3) is 4.00. The SMILES string of the molecule is CN=C(NCc1cccc2ccccc12)NC1CC=CC1.I. The van der Waals surface area contributed by atoms with Crippen LogP contribution in [0.4, 0.5) is 0 Å². The summed E-state index contributed by atoms with van der Waals surface area (Å²) in [4.78, 5) is 4.31. The minimum Gasteiger partial charge on any atom is -0.353 e. The van der Waals surface area contributed by atoms with E-state index in [0.29, 0.717) is 6.04 Å². The highest BCUT2D eigenvalue weighted by Crippen LogP contribution is 2.18. The number of rotatable bonds is 3. The lowest BCUT2D eigenvalue weighted by atomic mass is 10.0. The van der Waals surface area contributed by atoms with Gasteiger partial charge in [-0.05, 0) is 29.2 Å². The van der Waals surface area contributed by atoms with Gasteiger partial charge in [0.2, 0.25) is 0 Å². The van der Waals surface area contributed by atoms with Crippen LogP contribution in [0.1, 0.15) is 18.4 Å². The molecule has 0 heterocycles. The molecule has 1 aliphatic rings. The Morgan fingerprint density at radius 1 is 1.09 bits per heavy atom. The monoisotopic (exact) mass is 407 g/mol. The summed E-state index contributed by atoms with van der Waals surface area (Å²) in [6.45, 7) is 0.779. The predicted molar refractivity (Wildman–Crippen MR) is 105 cm³/mol. The van der Waals surface area contributed by atoms with Crippen molar-refractivity contribution < 1.29 is 0 Å². The number of hydrogen-bond acceptors (Lipinski definition) is 1. The van der Waals surface area contributed by atoms with Crippen LogP contribution in [0.3, 0.4) is 0 Å². The summed E-state index contributed by atoms with van der Waals surface area (Å²) in [6.07, 6.45) is 6.59. The quantitative estimate of drug-likeness (QED) is 0.351. The number of nitrogens with zero attached hydrogens (tertiary/aromatic N) is 1. The first kappa shape index (κ1) is 16.8. The van der Waals surface area contributed by atoms with Crippen molar-refractivity contribution in [1.29, 1.82) is 0 Å². The number of benzene rings is 2. The first-order valence-corrected chi connectivity index (χ1v) is 7.45. The molecular formula is C18H22IN3. The van der Waals surface area contributed by atoms with Crippen molar-refractivity contribution in [3.8, 4) is 0 Å². The molecule has 0 amide bonds. The van der Waals surface area contributed by atoms with E-state index in [9.17, 15) is 0 Å². The molecule has 0 unspecified atom stereocenters. The molecular weight excluding hydrogens is 385 g/mol. The summed E-state index contributed by atoms with van der Waals surface area (Å²) >= 11 is 0. The smallest absolute Gasteiger partial charge is 0.191 e. The molecule has 116 valence electrons. The number of aliphatic imine (C=N–C) groups is 1. The van der Waals surface area contributed by atoms with Crippen molar-refractivity contribution in [2.24, 2.45) is 4.99 Å². The molecule has 2 aromatic carbocycles. The highest BCUT2D eigenvalue weighted by Gasteiger charge is 2.11. The van der Waals surface area contributed by atoms with E-state index in [-0.39, 0.29) is 24.0 Å². The maximum atomic E-state index is 4.31. The van der Waals surface area contributed by atoms with Crippen LogP contribution in [-0.2, 0) is 6.54 Å². The van der Waals surface area contributed by atoms with E-state index >= 15 is 0 Å². The van der Waals surface area contributed by atoms with E-state index in [1.54, 1.807) is 0 Å². The average molecular weight is 407 g/mol. The van der Waals surface area contributed by atoms with Crippen LogP contribution in [0.25, 0.3) is 10.8 Å². The molecule has 4 heteroatoms. The average Bonchev–Trinajstić information content (AvgIpc) is 3.04. The number of halogens is 1. The Bertz CT molecular complexity index is 666. The number of nitrogens with one attached hydrogen (secondary N) is 2. The Hall–Kier alpha value is -1.56. The standard InChI is InChI=1S/C18H21N3.HI/c1-19-18(21-16-10-3-4-11-16)20-13-15-9-6-8-14-7-2-5-12-17(14)15;/h2-9,12,16H,10-11,13H2,1H3,(H2,19,20,21);1H. The second-order valence-corrected chi connectivity index (χ2v) is 5.35. The maximum Gasteiger partial charge on any atom is 0.191 e. The van der Waals surface area contributed by atoms with Gasteiger partial charge in [0.15, 0.2) is 5.96 Å². The Morgan fingerprint density at radius 2 is 1.82 bits per heavy atom. The van der Waals surface area contributed by atoms with Gasteiger partial charge in [-0.15, -0.1) is 24.0 Å². The van der Waals surface area contributed by atoms with E-state index in [1.165, 1.54) is 16.3 Å². The van der Waals surface area contributed by atoms with E-state index in [0.717, 1.165) is 25.3 Å². The fourth-order valence-corrected chi connectivity index (χ4v) is 2.75. The summed E-state index contributed by atoms with van der Waals surface area (Å²) < 4.78 is 0. The van der Waals surface area contributed by atoms with E-state index in [2.05, 4.69) is 70.2 Å². The van der Waals surface area contributed by atoms with Gasteiger partial charge in [-0.2, -0.15) is 0 Å². The van der Waals surface area contributed by atoms with Crippen LogP contribution in [0, 0.1) is 0 Å². The summed E-state index contributed by atoms with van der Waals surface area (Å²) in [6, 6.07) is 15.4. The zero-order valence-corrected chi connectivity index (χ0v) is 15.1. The lowest BCUT2D eigenvalue weighted by molar-refractivity contribution is 0.633. The Balaban J connectivity index is 0.00000176. The molecule has 0 bridgehead atoms. The normalized spacial score (nSPS) is 14.9. The molecule has 0 radical (unpaired) electrons. The minimum absolute atomic E-state index is 0. The topological polar surface area (TPSA) is 36.4 Å². The molecule has 1 aliphatic carbocycles. The summed E-state index contributed by atoms with van der Waals surface area (Å²) in [7, 11) is 1.82. The molecule has 3 nitrogen and oxygen atoms in total. The first-order chi connectivity index (χ1) is 10.4. The van der Waals surface area contributed by atoms with Crippen LogP contribution < -0.4 is 10.6 Å². The molecule has 3 rings (SSSR count). The first-order valence-electron chi connectivity index (χ1n) is 7.45. The van der Waals surface area contributed by atoms with Crippen molar-refractivity contribution in [1.82, 2.24) is 10.6 Å².